The van der Waals surface area contributed by atoms with Gasteiger partial charge in [0.05, 0.1) is 19.1 Å². The van der Waals surface area contributed by atoms with Gasteiger partial charge >= 0.3 is 0 Å². The molecule has 0 saturated carbocycles. The first-order valence-corrected chi connectivity index (χ1v) is 9.22. The van der Waals surface area contributed by atoms with Crippen molar-refractivity contribution in [3.05, 3.63) is 59.2 Å². The summed E-state index contributed by atoms with van der Waals surface area (Å²) in [6, 6.07) is 13.3. The minimum absolute atomic E-state index is 0.00575. The monoisotopic (exact) mass is 366 g/mol. The van der Waals surface area contributed by atoms with E-state index in [1.54, 1.807) is 12.0 Å². The van der Waals surface area contributed by atoms with Crippen LogP contribution in [0.25, 0.3) is 0 Å². The Hall–Kier alpha value is -2.82. The lowest BCUT2D eigenvalue weighted by atomic mass is 10.0. The van der Waals surface area contributed by atoms with Crippen LogP contribution in [-0.2, 0) is 9.59 Å². The van der Waals surface area contributed by atoms with E-state index in [1.807, 2.05) is 63.2 Å². The number of aryl methyl sites for hydroxylation is 1. The average Bonchev–Trinajstić information content (AvgIpc) is 3.05. The van der Waals surface area contributed by atoms with E-state index in [2.05, 4.69) is 5.32 Å². The predicted octanol–water partition coefficient (Wildman–Crippen LogP) is 3.54. The minimum Gasteiger partial charge on any atom is -0.496 e. The highest BCUT2D eigenvalue weighted by molar-refractivity contribution is 6.01. The third-order valence-corrected chi connectivity index (χ3v) is 5.33. The van der Waals surface area contributed by atoms with E-state index in [9.17, 15) is 9.59 Å². The van der Waals surface area contributed by atoms with Gasteiger partial charge in [0.1, 0.15) is 5.75 Å². The van der Waals surface area contributed by atoms with Gasteiger partial charge in [0.15, 0.2) is 0 Å². The predicted molar refractivity (Wildman–Crippen MR) is 106 cm³/mol. The van der Waals surface area contributed by atoms with Gasteiger partial charge < -0.3 is 15.0 Å². The van der Waals surface area contributed by atoms with Crippen LogP contribution in [0.4, 0.5) is 5.69 Å². The fourth-order valence-corrected chi connectivity index (χ4v) is 3.58. The summed E-state index contributed by atoms with van der Waals surface area (Å²) in [5.41, 5.74) is 4.03. The molecule has 0 spiro atoms. The summed E-state index contributed by atoms with van der Waals surface area (Å²) in [6.07, 6.45) is 0.234. The van der Waals surface area contributed by atoms with Crippen molar-refractivity contribution >= 4 is 17.5 Å². The Morgan fingerprint density at radius 3 is 2.67 bits per heavy atom. The van der Waals surface area contributed by atoms with Crippen molar-refractivity contribution in [3.8, 4) is 5.75 Å². The molecule has 0 radical (unpaired) electrons. The highest BCUT2D eigenvalue weighted by atomic mass is 16.5. The van der Waals surface area contributed by atoms with Gasteiger partial charge in [-0.3, -0.25) is 9.59 Å². The number of nitrogens with zero attached hydrogens (tertiary/aromatic N) is 1. The van der Waals surface area contributed by atoms with Gasteiger partial charge in [-0.15, -0.1) is 0 Å². The Balaban J connectivity index is 1.71. The smallest absolute Gasteiger partial charge is 0.227 e. The highest BCUT2D eigenvalue weighted by Gasteiger charge is 2.36. The summed E-state index contributed by atoms with van der Waals surface area (Å²) in [7, 11) is 1.62. The molecule has 2 unspecified atom stereocenters. The van der Waals surface area contributed by atoms with Crippen molar-refractivity contribution in [2.45, 2.75) is 33.2 Å². The van der Waals surface area contributed by atoms with Crippen LogP contribution in [0.2, 0.25) is 0 Å². The molecule has 2 amide bonds. The number of methoxy groups -OCH3 is 1. The standard InChI is InChI=1S/C22H26N2O3/c1-14-8-7-10-19(15(14)2)24-13-17(12-21(24)25)22(26)23-16(3)18-9-5-6-11-20(18)27-4/h5-11,16-17H,12-13H2,1-4H3,(H,23,26). The second kappa shape index (κ2) is 7.82. The van der Waals surface area contributed by atoms with E-state index in [4.69, 9.17) is 4.74 Å². The molecule has 27 heavy (non-hydrogen) atoms. The van der Waals surface area contributed by atoms with Crippen molar-refractivity contribution in [3.63, 3.8) is 0 Å². The third kappa shape index (κ3) is 3.82. The average molecular weight is 366 g/mol. The fraction of sp³-hybridized carbons (Fsp3) is 0.364. The first-order valence-electron chi connectivity index (χ1n) is 9.22. The molecule has 0 bridgehead atoms. The van der Waals surface area contributed by atoms with Crippen LogP contribution in [0.5, 0.6) is 5.75 Å². The Kier molecular flexibility index (Phi) is 5.49. The number of benzene rings is 2. The maximum absolute atomic E-state index is 12.8. The van der Waals surface area contributed by atoms with Gasteiger partial charge in [0.25, 0.3) is 0 Å². The maximum atomic E-state index is 12.8. The Morgan fingerprint density at radius 2 is 1.93 bits per heavy atom. The second-order valence-corrected chi connectivity index (χ2v) is 7.10. The molecule has 2 aromatic rings. The van der Waals surface area contributed by atoms with E-state index in [0.29, 0.717) is 6.54 Å². The fourth-order valence-electron chi connectivity index (χ4n) is 3.58. The number of carbonyl (C=O) groups excluding carboxylic acids is 2. The summed E-state index contributed by atoms with van der Waals surface area (Å²) in [4.78, 5) is 27.0. The van der Waals surface area contributed by atoms with Crippen LogP contribution in [0, 0.1) is 19.8 Å². The number of hydrogen-bond donors (Lipinski definition) is 1. The molecular formula is C22H26N2O3. The van der Waals surface area contributed by atoms with E-state index < -0.39 is 0 Å². The van der Waals surface area contributed by atoms with Crippen LogP contribution >= 0.6 is 0 Å². The van der Waals surface area contributed by atoms with Crippen LogP contribution in [0.1, 0.15) is 36.1 Å². The molecule has 2 atom stereocenters. The number of carbonyl (C=O) groups is 2. The van der Waals surface area contributed by atoms with E-state index in [-0.39, 0.29) is 30.2 Å². The first kappa shape index (κ1) is 19.0. The van der Waals surface area contributed by atoms with Crippen LogP contribution < -0.4 is 15.0 Å². The normalized spacial score (nSPS) is 17.7. The molecule has 1 heterocycles. The molecule has 2 aromatic carbocycles. The van der Waals surface area contributed by atoms with Crippen LogP contribution in [0.15, 0.2) is 42.5 Å². The lowest BCUT2D eigenvalue weighted by Gasteiger charge is -2.21. The molecule has 5 heteroatoms. The molecule has 3 rings (SSSR count). The number of hydrogen-bond acceptors (Lipinski definition) is 3. The summed E-state index contributed by atoms with van der Waals surface area (Å²) < 4.78 is 5.38. The largest absolute Gasteiger partial charge is 0.496 e. The number of amides is 2. The number of rotatable bonds is 5. The molecule has 1 N–H and O–H groups in total. The summed E-state index contributed by atoms with van der Waals surface area (Å²) in [5.74, 6) is 0.280. The molecule has 142 valence electrons. The molecule has 1 aliphatic rings. The van der Waals surface area contributed by atoms with Gasteiger partial charge in [-0.25, -0.2) is 0 Å². The van der Waals surface area contributed by atoms with Gasteiger partial charge in [-0.05, 0) is 44.0 Å². The quantitative estimate of drug-likeness (QED) is 0.880. The lowest BCUT2D eigenvalue weighted by Crippen LogP contribution is -2.34. The molecule has 1 saturated heterocycles. The zero-order chi connectivity index (χ0) is 19.6. The number of ether oxygens (including phenoxy) is 1. The third-order valence-electron chi connectivity index (χ3n) is 5.33. The zero-order valence-electron chi connectivity index (χ0n) is 16.3. The second-order valence-electron chi connectivity index (χ2n) is 7.10. The highest BCUT2D eigenvalue weighted by Crippen LogP contribution is 2.30. The minimum atomic E-state index is -0.352. The van der Waals surface area contributed by atoms with Crippen molar-refractivity contribution in [2.24, 2.45) is 5.92 Å². The Bertz CT molecular complexity index is 862. The molecule has 0 aromatic heterocycles. The topological polar surface area (TPSA) is 58.6 Å². The zero-order valence-corrected chi connectivity index (χ0v) is 16.3. The summed E-state index contributed by atoms with van der Waals surface area (Å²) >= 11 is 0. The van der Waals surface area contributed by atoms with E-state index >= 15 is 0 Å². The Labute approximate surface area is 160 Å². The van der Waals surface area contributed by atoms with Gasteiger partial charge in [0.2, 0.25) is 11.8 Å². The lowest BCUT2D eigenvalue weighted by molar-refractivity contribution is -0.126. The summed E-state index contributed by atoms with van der Waals surface area (Å²) in [5, 5.41) is 3.03. The van der Waals surface area contributed by atoms with Crippen molar-refractivity contribution in [1.82, 2.24) is 5.32 Å². The molecule has 1 aliphatic heterocycles. The van der Waals surface area contributed by atoms with Crippen molar-refractivity contribution < 1.29 is 14.3 Å². The van der Waals surface area contributed by atoms with Crippen LogP contribution in [-0.4, -0.2) is 25.5 Å². The summed E-state index contributed by atoms with van der Waals surface area (Å²) in [6.45, 7) is 6.37. The van der Waals surface area contributed by atoms with E-state index in [1.165, 1.54) is 0 Å². The number of anilines is 1. The maximum Gasteiger partial charge on any atom is 0.227 e. The molecule has 1 fully saturated rings. The van der Waals surface area contributed by atoms with E-state index in [0.717, 1.165) is 28.1 Å². The van der Waals surface area contributed by atoms with Gasteiger partial charge in [0, 0.05) is 24.2 Å². The number of nitrogens with one attached hydrogen (secondary N) is 1. The van der Waals surface area contributed by atoms with Crippen LogP contribution in [0.3, 0.4) is 0 Å². The number of para-hydroxylation sites is 1. The Morgan fingerprint density at radius 1 is 1.19 bits per heavy atom. The molecule has 0 aliphatic carbocycles. The van der Waals surface area contributed by atoms with Crippen molar-refractivity contribution in [2.75, 3.05) is 18.6 Å². The SMILES string of the molecule is COc1ccccc1C(C)NC(=O)C1CC(=O)N(c2cccc(C)c2C)C1. The van der Waals surface area contributed by atoms with Gasteiger partial charge in [-0.1, -0.05) is 30.3 Å². The molecule has 5 nitrogen and oxygen atoms in total. The van der Waals surface area contributed by atoms with Crippen molar-refractivity contribution in [1.29, 1.82) is 0 Å². The first-order chi connectivity index (χ1) is 12.9. The molecular weight excluding hydrogens is 340 g/mol. The van der Waals surface area contributed by atoms with Gasteiger partial charge in [-0.2, -0.15) is 0 Å².